The van der Waals surface area contributed by atoms with E-state index in [4.69, 9.17) is 5.73 Å². The molecule has 0 heterocycles. The number of nitrogens with one attached hydrogen (secondary N) is 1. The zero-order chi connectivity index (χ0) is 12.8. The number of hydrogen-bond donors (Lipinski definition) is 2. The van der Waals surface area contributed by atoms with E-state index in [0.717, 1.165) is 13.1 Å². The largest absolute Gasteiger partial charge is 0.399 e. The van der Waals surface area contributed by atoms with Crippen LogP contribution >= 0.6 is 0 Å². The lowest BCUT2D eigenvalue weighted by Crippen LogP contribution is -2.33. The fourth-order valence-corrected chi connectivity index (χ4v) is 1.48. The molecule has 0 saturated carbocycles. The summed E-state index contributed by atoms with van der Waals surface area (Å²) in [5.41, 5.74) is 6.08. The molecule has 3 N–H and O–H groups in total. The maximum Gasteiger partial charge on any atom is 0.238 e. The maximum atomic E-state index is 13.3. The molecule has 0 aromatic heterocycles. The average Bonchev–Trinajstić information content (AvgIpc) is 2.31. The van der Waals surface area contributed by atoms with Gasteiger partial charge in [0, 0.05) is 5.69 Å². The maximum absolute atomic E-state index is 13.3. The molecule has 1 aromatic carbocycles. The molecule has 5 heteroatoms. The first-order chi connectivity index (χ1) is 8.06. The summed E-state index contributed by atoms with van der Waals surface area (Å²) in [6.45, 7) is 5.75. The van der Waals surface area contributed by atoms with E-state index in [1.165, 1.54) is 18.2 Å². The van der Waals surface area contributed by atoms with Crippen molar-refractivity contribution in [3.8, 4) is 0 Å². The van der Waals surface area contributed by atoms with Gasteiger partial charge in [-0.25, -0.2) is 4.39 Å². The van der Waals surface area contributed by atoms with Gasteiger partial charge in [-0.05, 0) is 31.3 Å². The van der Waals surface area contributed by atoms with Crippen LogP contribution in [-0.4, -0.2) is 30.4 Å². The van der Waals surface area contributed by atoms with E-state index in [9.17, 15) is 9.18 Å². The van der Waals surface area contributed by atoms with Crippen LogP contribution in [0.15, 0.2) is 18.2 Å². The van der Waals surface area contributed by atoms with Gasteiger partial charge in [0.25, 0.3) is 0 Å². The molecule has 0 atom stereocenters. The highest BCUT2D eigenvalue weighted by Crippen LogP contribution is 2.17. The first kappa shape index (κ1) is 13.4. The molecule has 1 aromatic rings. The van der Waals surface area contributed by atoms with Gasteiger partial charge in [0.1, 0.15) is 5.82 Å². The Labute approximate surface area is 101 Å². The predicted molar refractivity (Wildman–Crippen MR) is 67.2 cm³/mol. The number of halogens is 1. The molecule has 0 radical (unpaired) electrons. The summed E-state index contributed by atoms with van der Waals surface area (Å²) in [6, 6.07) is 4.10. The standard InChI is InChI=1S/C12H18FN3O/c1-3-16(4-2)8-12(17)15-11-7-9(14)5-6-10(11)13/h5-7H,3-4,8,14H2,1-2H3,(H,15,17). The summed E-state index contributed by atoms with van der Waals surface area (Å²) < 4.78 is 13.3. The van der Waals surface area contributed by atoms with Gasteiger partial charge in [-0.15, -0.1) is 0 Å². The minimum atomic E-state index is -0.480. The number of anilines is 2. The SMILES string of the molecule is CCN(CC)CC(=O)Nc1cc(N)ccc1F. The van der Waals surface area contributed by atoms with Crippen LogP contribution < -0.4 is 11.1 Å². The topological polar surface area (TPSA) is 58.4 Å². The van der Waals surface area contributed by atoms with Gasteiger partial charge in [0.2, 0.25) is 5.91 Å². The zero-order valence-electron chi connectivity index (χ0n) is 10.2. The number of benzene rings is 1. The molecule has 1 rings (SSSR count). The molecular formula is C12H18FN3O. The number of nitrogen functional groups attached to an aromatic ring is 1. The van der Waals surface area contributed by atoms with Crippen molar-refractivity contribution in [2.45, 2.75) is 13.8 Å². The van der Waals surface area contributed by atoms with Crippen LogP contribution in [0.4, 0.5) is 15.8 Å². The van der Waals surface area contributed by atoms with Crippen LogP contribution in [0.1, 0.15) is 13.8 Å². The summed E-state index contributed by atoms with van der Waals surface area (Å²) in [4.78, 5) is 13.6. The Morgan fingerprint density at radius 2 is 2.06 bits per heavy atom. The van der Waals surface area contributed by atoms with Crippen LogP contribution in [0.5, 0.6) is 0 Å². The molecule has 1 amide bonds. The van der Waals surface area contributed by atoms with E-state index in [-0.39, 0.29) is 18.1 Å². The number of likely N-dealkylation sites (N-methyl/N-ethyl adjacent to an activating group) is 1. The van der Waals surface area contributed by atoms with E-state index in [0.29, 0.717) is 5.69 Å². The number of nitrogens with zero attached hydrogens (tertiary/aromatic N) is 1. The van der Waals surface area contributed by atoms with Gasteiger partial charge in [0.05, 0.1) is 12.2 Å². The van der Waals surface area contributed by atoms with Gasteiger partial charge in [-0.1, -0.05) is 13.8 Å². The fourth-order valence-electron chi connectivity index (χ4n) is 1.48. The Morgan fingerprint density at radius 1 is 1.41 bits per heavy atom. The first-order valence-corrected chi connectivity index (χ1v) is 5.64. The minimum absolute atomic E-state index is 0.127. The second kappa shape index (κ2) is 6.20. The average molecular weight is 239 g/mol. The second-order valence-corrected chi connectivity index (χ2v) is 3.75. The number of amides is 1. The summed E-state index contributed by atoms with van der Waals surface area (Å²) in [5.74, 6) is -0.717. The Kier molecular flexibility index (Phi) is 4.90. The van der Waals surface area contributed by atoms with Crippen molar-refractivity contribution in [2.24, 2.45) is 0 Å². The molecule has 94 valence electrons. The van der Waals surface area contributed by atoms with Crippen molar-refractivity contribution >= 4 is 17.3 Å². The van der Waals surface area contributed by atoms with Crippen molar-refractivity contribution in [3.63, 3.8) is 0 Å². The lowest BCUT2D eigenvalue weighted by Gasteiger charge is -2.17. The summed E-state index contributed by atoms with van der Waals surface area (Å²) in [6.07, 6.45) is 0. The molecule has 0 bridgehead atoms. The molecule has 0 fully saturated rings. The third-order valence-corrected chi connectivity index (χ3v) is 2.53. The van der Waals surface area contributed by atoms with Crippen molar-refractivity contribution in [3.05, 3.63) is 24.0 Å². The third-order valence-electron chi connectivity index (χ3n) is 2.53. The second-order valence-electron chi connectivity index (χ2n) is 3.75. The lowest BCUT2D eigenvalue weighted by molar-refractivity contribution is -0.117. The molecule has 0 aliphatic carbocycles. The molecular weight excluding hydrogens is 221 g/mol. The predicted octanol–water partition coefficient (Wildman–Crippen LogP) is 1.69. The van der Waals surface area contributed by atoms with Gasteiger partial charge in [0.15, 0.2) is 0 Å². The van der Waals surface area contributed by atoms with Gasteiger partial charge in [-0.2, -0.15) is 0 Å². The summed E-state index contributed by atoms with van der Waals surface area (Å²) in [5, 5.41) is 2.51. The molecule has 17 heavy (non-hydrogen) atoms. The van der Waals surface area contributed by atoms with Crippen LogP contribution in [0, 0.1) is 5.82 Å². The van der Waals surface area contributed by atoms with Crippen LogP contribution in [0.2, 0.25) is 0 Å². The normalized spacial score (nSPS) is 10.6. The van der Waals surface area contributed by atoms with Gasteiger partial charge >= 0.3 is 0 Å². The van der Waals surface area contributed by atoms with E-state index in [1.807, 2.05) is 18.7 Å². The molecule has 4 nitrogen and oxygen atoms in total. The number of carbonyl (C=O) groups is 1. The molecule has 0 saturated heterocycles. The molecule has 0 spiro atoms. The minimum Gasteiger partial charge on any atom is -0.399 e. The Hall–Kier alpha value is -1.62. The Bertz CT molecular complexity index is 391. The zero-order valence-corrected chi connectivity index (χ0v) is 10.2. The number of rotatable bonds is 5. The quantitative estimate of drug-likeness (QED) is 0.769. The number of nitrogens with two attached hydrogens (primary N) is 1. The van der Waals surface area contributed by atoms with Crippen LogP contribution in [-0.2, 0) is 4.79 Å². The van der Waals surface area contributed by atoms with E-state index in [1.54, 1.807) is 0 Å². The fraction of sp³-hybridized carbons (Fsp3) is 0.417. The molecule has 0 aliphatic rings. The Morgan fingerprint density at radius 3 is 2.65 bits per heavy atom. The number of carbonyl (C=O) groups excluding carboxylic acids is 1. The van der Waals surface area contributed by atoms with Crippen LogP contribution in [0.25, 0.3) is 0 Å². The molecule has 0 aliphatic heterocycles. The molecule has 0 unspecified atom stereocenters. The summed E-state index contributed by atoms with van der Waals surface area (Å²) in [7, 11) is 0. The highest BCUT2D eigenvalue weighted by Gasteiger charge is 2.10. The third kappa shape index (κ3) is 4.03. The Balaban J connectivity index is 2.64. The summed E-state index contributed by atoms with van der Waals surface area (Å²) >= 11 is 0. The van der Waals surface area contributed by atoms with Gasteiger partial charge < -0.3 is 11.1 Å². The lowest BCUT2D eigenvalue weighted by atomic mass is 10.2. The van der Waals surface area contributed by atoms with Crippen LogP contribution in [0.3, 0.4) is 0 Å². The van der Waals surface area contributed by atoms with Crippen molar-refractivity contribution in [1.29, 1.82) is 0 Å². The highest BCUT2D eigenvalue weighted by molar-refractivity contribution is 5.92. The van der Waals surface area contributed by atoms with Crippen molar-refractivity contribution in [2.75, 3.05) is 30.7 Å². The van der Waals surface area contributed by atoms with Crippen molar-refractivity contribution < 1.29 is 9.18 Å². The smallest absolute Gasteiger partial charge is 0.238 e. The number of hydrogen-bond acceptors (Lipinski definition) is 3. The van der Waals surface area contributed by atoms with Crippen molar-refractivity contribution in [1.82, 2.24) is 4.90 Å². The van der Waals surface area contributed by atoms with E-state index in [2.05, 4.69) is 5.32 Å². The monoisotopic (exact) mass is 239 g/mol. The van der Waals surface area contributed by atoms with E-state index >= 15 is 0 Å². The first-order valence-electron chi connectivity index (χ1n) is 5.64. The van der Waals surface area contributed by atoms with Gasteiger partial charge in [-0.3, -0.25) is 9.69 Å². The highest BCUT2D eigenvalue weighted by atomic mass is 19.1. The van der Waals surface area contributed by atoms with E-state index < -0.39 is 5.82 Å².